The van der Waals surface area contributed by atoms with Crippen LogP contribution in [0.15, 0.2) is 18.2 Å². The van der Waals surface area contributed by atoms with E-state index in [1.54, 1.807) is 0 Å². The summed E-state index contributed by atoms with van der Waals surface area (Å²) in [6, 6.07) is 6.28. The molecule has 0 N–H and O–H groups in total. The van der Waals surface area contributed by atoms with Crippen molar-refractivity contribution in [1.29, 1.82) is 0 Å². The van der Waals surface area contributed by atoms with E-state index < -0.39 is 0 Å². The molecule has 18 heavy (non-hydrogen) atoms. The third-order valence-electron chi connectivity index (χ3n) is 3.11. The molecule has 1 rings (SSSR count). The van der Waals surface area contributed by atoms with E-state index in [0.717, 1.165) is 5.56 Å². The molecule has 0 radical (unpaired) electrons. The van der Waals surface area contributed by atoms with Crippen LogP contribution in [-0.2, 0) is 10.8 Å². The third kappa shape index (κ3) is 3.68. The number of carbonyl (C=O) groups excluding carboxylic acids is 1. The summed E-state index contributed by atoms with van der Waals surface area (Å²) in [6.45, 7) is 13.1. The second-order valence-corrected chi connectivity index (χ2v) is 7.42. The number of alkyl halides is 1. The Balaban J connectivity index is 3.44. The van der Waals surface area contributed by atoms with Crippen molar-refractivity contribution in [1.82, 2.24) is 0 Å². The SMILES string of the molecule is CC(C)(C)c1cc(C(=O)CBr)cc(C(C)(C)C)c1. The van der Waals surface area contributed by atoms with E-state index in [1.807, 2.05) is 12.1 Å². The fourth-order valence-electron chi connectivity index (χ4n) is 1.73. The van der Waals surface area contributed by atoms with Gasteiger partial charge < -0.3 is 0 Å². The molecular weight excluding hydrogens is 288 g/mol. The van der Waals surface area contributed by atoms with Gasteiger partial charge in [-0.1, -0.05) is 63.5 Å². The molecule has 0 aliphatic rings. The molecule has 0 spiro atoms. The molecule has 0 aliphatic heterocycles. The Hall–Kier alpha value is -0.630. The van der Waals surface area contributed by atoms with Gasteiger partial charge in [-0.15, -0.1) is 0 Å². The quantitative estimate of drug-likeness (QED) is 0.563. The number of halogens is 1. The van der Waals surface area contributed by atoms with Gasteiger partial charge in [-0.2, -0.15) is 0 Å². The summed E-state index contributed by atoms with van der Waals surface area (Å²) in [5.41, 5.74) is 3.37. The monoisotopic (exact) mass is 310 g/mol. The lowest BCUT2D eigenvalue weighted by atomic mass is 9.79. The second-order valence-electron chi connectivity index (χ2n) is 6.86. The molecule has 0 aromatic heterocycles. The fraction of sp³-hybridized carbons (Fsp3) is 0.562. The zero-order valence-corrected chi connectivity index (χ0v) is 13.8. The first kappa shape index (κ1) is 15.4. The summed E-state index contributed by atoms with van der Waals surface area (Å²) in [5.74, 6) is 0.145. The summed E-state index contributed by atoms with van der Waals surface area (Å²) in [5, 5.41) is 0.379. The third-order valence-corrected chi connectivity index (χ3v) is 3.62. The van der Waals surface area contributed by atoms with Gasteiger partial charge in [-0.05, 0) is 34.1 Å². The van der Waals surface area contributed by atoms with Crippen molar-refractivity contribution >= 4 is 21.7 Å². The number of rotatable bonds is 2. The number of benzene rings is 1. The van der Waals surface area contributed by atoms with Crippen LogP contribution in [0.2, 0.25) is 0 Å². The van der Waals surface area contributed by atoms with Gasteiger partial charge in [0, 0.05) is 5.56 Å². The van der Waals surface area contributed by atoms with Crippen LogP contribution in [0.4, 0.5) is 0 Å². The van der Waals surface area contributed by atoms with Gasteiger partial charge in [0.2, 0.25) is 0 Å². The van der Waals surface area contributed by atoms with Crippen molar-refractivity contribution in [2.24, 2.45) is 0 Å². The minimum absolute atomic E-state index is 0.0581. The smallest absolute Gasteiger partial charge is 0.173 e. The first-order valence-corrected chi connectivity index (χ1v) is 7.43. The van der Waals surface area contributed by atoms with Crippen molar-refractivity contribution in [3.05, 3.63) is 34.9 Å². The molecule has 0 unspecified atom stereocenters. The van der Waals surface area contributed by atoms with Crippen molar-refractivity contribution in [2.45, 2.75) is 52.4 Å². The largest absolute Gasteiger partial charge is 0.293 e. The van der Waals surface area contributed by atoms with Crippen LogP contribution in [0.25, 0.3) is 0 Å². The van der Waals surface area contributed by atoms with E-state index in [0.29, 0.717) is 5.33 Å². The van der Waals surface area contributed by atoms with Crippen molar-refractivity contribution < 1.29 is 4.79 Å². The Labute approximate surface area is 119 Å². The van der Waals surface area contributed by atoms with Crippen molar-refractivity contribution in [3.63, 3.8) is 0 Å². The maximum Gasteiger partial charge on any atom is 0.173 e. The molecule has 100 valence electrons. The Kier molecular flexibility index (Phi) is 4.42. The van der Waals surface area contributed by atoms with E-state index >= 15 is 0 Å². The van der Waals surface area contributed by atoms with Crippen LogP contribution in [0.3, 0.4) is 0 Å². The molecule has 1 aromatic rings. The van der Waals surface area contributed by atoms with E-state index in [1.165, 1.54) is 11.1 Å². The molecule has 1 nitrogen and oxygen atoms in total. The van der Waals surface area contributed by atoms with Gasteiger partial charge in [0.1, 0.15) is 0 Å². The Morgan fingerprint density at radius 3 is 1.61 bits per heavy atom. The molecule has 0 saturated heterocycles. The molecule has 1 aromatic carbocycles. The lowest BCUT2D eigenvalue weighted by Gasteiger charge is -2.26. The highest BCUT2D eigenvalue weighted by Gasteiger charge is 2.21. The highest BCUT2D eigenvalue weighted by Crippen LogP contribution is 2.30. The predicted octanol–water partition coefficient (Wildman–Crippen LogP) is 4.86. The van der Waals surface area contributed by atoms with Crippen LogP contribution in [-0.4, -0.2) is 11.1 Å². The van der Waals surface area contributed by atoms with E-state index in [4.69, 9.17) is 0 Å². The highest BCUT2D eigenvalue weighted by molar-refractivity contribution is 9.09. The molecule has 0 amide bonds. The van der Waals surface area contributed by atoms with Gasteiger partial charge in [-0.25, -0.2) is 0 Å². The molecular formula is C16H23BrO. The zero-order valence-electron chi connectivity index (χ0n) is 12.2. The number of hydrogen-bond donors (Lipinski definition) is 0. The average Bonchev–Trinajstić information content (AvgIpc) is 2.25. The van der Waals surface area contributed by atoms with Gasteiger partial charge in [0.15, 0.2) is 5.78 Å². The first-order valence-electron chi connectivity index (χ1n) is 6.31. The van der Waals surface area contributed by atoms with Crippen LogP contribution < -0.4 is 0 Å². The summed E-state index contributed by atoms with van der Waals surface area (Å²) in [7, 11) is 0. The topological polar surface area (TPSA) is 17.1 Å². The summed E-state index contributed by atoms with van der Waals surface area (Å²) in [4.78, 5) is 11.9. The summed E-state index contributed by atoms with van der Waals surface area (Å²) >= 11 is 3.25. The number of ketones is 1. The van der Waals surface area contributed by atoms with Crippen LogP contribution >= 0.6 is 15.9 Å². The number of hydrogen-bond acceptors (Lipinski definition) is 1. The molecule has 0 heterocycles. The Morgan fingerprint density at radius 2 is 1.33 bits per heavy atom. The zero-order chi connectivity index (χ0) is 14.1. The lowest BCUT2D eigenvalue weighted by Crippen LogP contribution is -2.18. The van der Waals surface area contributed by atoms with Crippen molar-refractivity contribution in [3.8, 4) is 0 Å². The summed E-state index contributed by atoms with van der Waals surface area (Å²) < 4.78 is 0. The van der Waals surface area contributed by atoms with Gasteiger partial charge >= 0.3 is 0 Å². The second kappa shape index (κ2) is 5.16. The molecule has 0 aliphatic carbocycles. The van der Waals surface area contributed by atoms with E-state index in [-0.39, 0.29) is 16.6 Å². The molecule has 0 atom stereocenters. The molecule has 0 saturated carbocycles. The lowest BCUT2D eigenvalue weighted by molar-refractivity contribution is 0.102. The molecule has 0 bridgehead atoms. The van der Waals surface area contributed by atoms with Crippen LogP contribution in [0.1, 0.15) is 63.0 Å². The van der Waals surface area contributed by atoms with Crippen LogP contribution in [0.5, 0.6) is 0 Å². The number of carbonyl (C=O) groups is 1. The Morgan fingerprint density at radius 1 is 0.944 bits per heavy atom. The molecule has 2 heteroatoms. The normalized spacial score (nSPS) is 12.6. The van der Waals surface area contributed by atoms with Gasteiger partial charge in [-0.3, -0.25) is 4.79 Å². The van der Waals surface area contributed by atoms with Gasteiger partial charge in [0.05, 0.1) is 5.33 Å². The minimum Gasteiger partial charge on any atom is -0.293 e. The summed E-state index contributed by atoms with van der Waals surface area (Å²) in [6.07, 6.45) is 0. The maximum absolute atomic E-state index is 11.9. The Bertz CT molecular complexity index is 415. The van der Waals surface area contributed by atoms with E-state index in [9.17, 15) is 4.79 Å². The minimum atomic E-state index is 0.0581. The van der Waals surface area contributed by atoms with E-state index in [2.05, 4.69) is 63.5 Å². The molecule has 0 fully saturated rings. The number of Topliss-reactive ketones (excluding diaryl/α,β-unsaturated/α-hetero) is 1. The van der Waals surface area contributed by atoms with Gasteiger partial charge in [0.25, 0.3) is 0 Å². The predicted molar refractivity (Wildman–Crippen MR) is 82.0 cm³/mol. The fourth-order valence-corrected chi connectivity index (χ4v) is 2.06. The first-order chi connectivity index (χ1) is 8.05. The highest BCUT2D eigenvalue weighted by atomic mass is 79.9. The maximum atomic E-state index is 11.9. The average molecular weight is 311 g/mol. The van der Waals surface area contributed by atoms with Crippen LogP contribution in [0, 0.1) is 0 Å². The standard InChI is InChI=1S/C16H23BrO/c1-15(2,3)12-7-11(14(18)10-17)8-13(9-12)16(4,5)6/h7-9H,10H2,1-6H3. The van der Waals surface area contributed by atoms with Crippen molar-refractivity contribution in [2.75, 3.05) is 5.33 Å².